The lowest BCUT2D eigenvalue weighted by atomic mass is 10.0. The van der Waals surface area contributed by atoms with E-state index in [2.05, 4.69) is 37.4 Å². The number of amides is 2. The molecule has 2 aliphatic rings. The number of aromatic amines is 1. The van der Waals surface area contributed by atoms with Gasteiger partial charge in [0.15, 0.2) is 0 Å². The van der Waals surface area contributed by atoms with E-state index in [-0.39, 0.29) is 6.03 Å². The van der Waals surface area contributed by atoms with Crippen molar-refractivity contribution in [2.45, 2.75) is 25.8 Å². The van der Waals surface area contributed by atoms with Crippen LogP contribution in [0.4, 0.5) is 16.5 Å². The van der Waals surface area contributed by atoms with Crippen LogP contribution in [0.25, 0.3) is 11.0 Å². The van der Waals surface area contributed by atoms with Crippen LogP contribution in [-0.2, 0) is 0 Å². The first kappa shape index (κ1) is 17.0. The summed E-state index contributed by atoms with van der Waals surface area (Å²) in [5.41, 5.74) is 1.61. The highest BCUT2D eigenvalue weighted by Crippen LogP contribution is 2.41. The topological polar surface area (TPSA) is 103 Å². The second-order valence-electron chi connectivity index (χ2n) is 7.86. The summed E-state index contributed by atoms with van der Waals surface area (Å²) in [6.07, 6.45) is 5.62. The second-order valence-corrected chi connectivity index (χ2v) is 7.86. The van der Waals surface area contributed by atoms with E-state index in [1.165, 1.54) is 0 Å². The molecule has 0 bridgehead atoms. The predicted octanol–water partition coefficient (Wildman–Crippen LogP) is 2.63. The van der Waals surface area contributed by atoms with Crippen molar-refractivity contribution in [1.29, 1.82) is 0 Å². The Morgan fingerprint density at radius 2 is 2.11 bits per heavy atom. The Kier molecular flexibility index (Phi) is 3.96. The van der Waals surface area contributed by atoms with Gasteiger partial charge in [0.1, 0.15) is 17.8 Å². The van der Waals surface area contributed by atoms with Crippen molar-refractivity contribution >= 4 is 28.8 Å². The fourth-order valence-electron chi connectivity index (χ4n) is 4.67. The summed E-state index contributed by atoms with van der Waals surface area (Å²) >= 11 is 0. The SMILES string of the molecule is Cc1cc(NC(=O)N2C[C@H]3C[C@@H](N(C)c4ncnc5[nH]ccc45)C[C@H]3C2)on1. The fraction of sp³-hybridized carbons (Fsp3) is 0.474. The predicted molar refractivity (Wildman–Crippen MR) is 104 cm³/mol. The lowest BCUT2D eigenvalue weighted by molar-refractivity contribution is 0.217. The van der Waals surface area contributed by atoms with Gasteiger partial charge in [-0.1, -0.05) is 5.16 Å². The quantitative estimate of drug-likeness (QED) is 0.723. The summed E-state index contributed by atoms with van der Waals surface area (Å²) in [7, 11) is 2.11. The van der Waals surface area contributed by atoms with Crippen molar-refractivity contribution in [3.8, 4) is 0 Å². The molecule has 3 aromatic rings. The van der Waals surface area contributed by atoms with Crippen molar-refractivity contribution < 1.29 is 9.32 Å². The van der Waals surface area contributed by atoms with Crippen LogP contribution < -0.4 is 10.2 Å². The molecule has 2 amide bonds. The minimum Gasteiger partial charge on any atom is -0.356 e. The van der Waals surface area contributed by atoms with Crippen LogP contribution in [0.2, 0.25) is 0 Å². The van der Waals surface area contributed by atoms with Crippen molar-refractivity contribution in [3.05, 3.63) is 30.4 Å². The Hall–Kier alpha value is -3.10. The standard InChI is InChI=1S/C19H23N7O2/c1-11-5-16(28-24-11)23-19(27)26-8-12-6-14(7-13(12)9-26)25(2)18-15-3-4-20-17(15)21-10-22-18/h3-5,10,12-14H,6-9H2,1-2H3,(H,23,27)(H,20,21,22)/t12-,13+,14-. The van der Waals surface area contributed by atoms with E-state index in [1.807, 2.05) is 24.1 Å². The van der Waals surface area contributed by atoms with Crippen LogP contribution in [0, 0.1) is 18.8 Å². The van der Waals surface area contributed by atoms with E-state index >= 15 is 0 Å². The summed E-state index contributed by atoms with van der Waals surface area (Å²) in [6.45, 7) is 3.38. The van der Waals surface area contributed by atoms with E-state index in [9.17, 15) is 4.79 Å². The molecule has 0 spiro atoms. The molecule has 3 atom stereocenters. The second kappa shape index (κ2) is 6.50. The third-order valence-electron chi connectivity index (χ3n) is 6.09. The number of carbonyl (C=O) groups excluding carboxylic acids is 1. The number of hydrogen-bond acceptors (Lipinski definition) is 6. The molecule has 5 rings (SSSR count). The molecular weight excluding hydrogens is 358 g/mol. The van der Waals surface area contributed by atoms with E-state index in [0.717, 1.165) is 48.5 Å². The van der Waals surface area contributed by atoms with E-state index in [1.54, 1.807) is 12.4 Å². The summed E-state index contributed by atoms with van der Waals surface area (Å²) in [6, 6.07) is 4.06. The van der Waals surface area contributed by atoms with Gasteiger partial charge in [0, 0.05) is 38.4 Å². The molecule has 2 fully saturated rings. The maximum Gasteiger partial charge on any atom is 0.324 e. The molecule has 1 saturated heterocycles. The number of aryl methyl sites for hydroxylation is 1. The average molecular weight is 381 g/mol. The molecule has 3 aromatic heterocycles. The van der Waals surface area contributed by atoms with Crippen LogP contribution >= 0.6 is 0 Å². The van der Waals surface area contributed by atoms with Crippen LogP contribution in [0.15, 0.2) is 29.2 Å². The number of anilines is 2. The zero-order chi connectivity index (χ0) is 19.3. The van der Waals surface area contributed by atoms with Gasteiger partial charge in [0.2, 0.25) is 5.88 Å². The zero-order valence-electron chi connectivity index (χ0n) is 15.9. The van der Waals surface area contributed by atoms with Crippen LogP contribution in [-0.4, -0.2) is 57.2 Å². The molecule has 0 aromatic carbocycles. The van der Waals surface area contributed by atoms with Crippen molar-refractivity contribution in [3.63, 3.8) is 0 Å². The Morgan fingerprint density at radius 3 is 2.82 bits per heavy atom. The summed E-state index contributed by atoms with van der Waals surface area (Å²) in [5, 5.41) is 7.65. The molecule has 1 aliphatic heterocycles. The maximum absolute atomic E-state index is 12.5. The third kappa shape index (κ3) is 2.87. The Labute approximate surface area is 162 Å². The lowest BCUT2D eigenvalue weighted by Gasteiger charge is -2.27. The summed E-state index contributed by atoms with van der Waals surface area (Å²) in [4.78, 5) is 28.6. The number of urea groups is 1. The van der Waals surface area contributed by atoms with Gasteiger partial charge >= 0.3 is 6.03 Å². The normalized spacial score (nSPS) is 23.9. The maximum atomic E-state index is 12.5. The summed E-state index contributed by atoms with van der Waals surface area (Å²) in [5.74, 6) is 2.39. The smallest absolute Gasteiger partial charge is 0.324 e. The molecule has 9 nitrogen and oxygen atoms in total. The van der Waals surface area contributed by atoms with Gasteiger partial charge < -0.3 is 19.3 Å². The number of rotatable bonds is 3. The molecule has 1 aliphatic carbocycles. The van der Waals surface area contributed by atoms with Gasteiger partial charge in [-0.3, -0.25) is 5.32 Å². The zero-order valence-corrected chi connectivity index (χ0v) is 15.9. The van der Waals surface area contributed by atoms with Gasteiger partial charge in [0.25, 0.3) is 0 Å². The molecule has 146 valence electrons. The Balaban J connectivity index is 1.23. The molecule has 0 radical (unpaired) electrons. The highest BCUT2D eigenvalue weighted by Gasteiger charge is 2.44. The number of aromatic nitrogens is 4. The average Bonchev–Trinajstić information content (AvgIpc) is 3.43. The van der Waals surface area contributed by atoms with E-state index < -0.39 is 0 Å². The first-order chi connectivity index (χ1) is 13.6. The molecule has 1 saturated carbocycles. The molecule has 2 N–H and O–H groups in total. The van der Waals surface area contributed by atoms with Gasteiger partial charge in [-0.15, -0.1) is 0 Å². The van der Waals surface area contributed by atoms with Gasteiger partial charge in [-0.2, -0.15) is 0 Å². The van der Waals surface area contributed by atoms with E-state index in [4.69, 9.17) is 4.52 Å². The first-order valence-corrected chi connectivity index (χ1v) is 9.58. The number of nitrogens with one attached hydrogen (secondary N) is 2. The highest BCUT2D eigenvalue weighted by molar-refractivity contribution is 5.88. The minimum atomic E-state index is -0.111. The molecule has 4 heterocycles. The van der Waals surface area contributed by atoms with E-state index in [0.29, 0.717) is 23.8 Å². The van der Waals surface area contributed by atoms with Crippen LogP contribution in [0.1, 0.15) is 18.5 Å². The third-order valence-corrected chi connectivity index (χ3v) is 6.09. The van der Waals surface area contributed by atoms with Gasteiger partial charge in [0.05, 0.1) is 11.1 Å². The first-order valence-electron chi connectivity index (χ1n) is 9.58. The summed E-state index contributed by atoms with van der Waals surface area (Å²) < 4.78 is 5.08. The van der Waals surface area contributed by atoms with Crippen molar-refractivity contribution in [1.82, 2.24) is 25.0 Å². The number of hydrogen-bond donors (Lipinski definition) is 2. The number of carbonyl (C=O) groups is 1. The number of H-pyrrole nitrogens is 1. The highest BCUT2D eigenvalue weighted by atomic mass is 16.5. The van der Waals surface area contributed by atoms with Crippen LogP contribution in [0.5, 0.6) is 0 Å². The Bertz CT molecular complexity index is 999. The Morgan fingerprint density at radius 1 is 1.32 bits per heavy atom. The van der Waals surface area contributed by atoms with Crippen LogP contribution in [0.3, 0.4) is 0 Å². The van der Waals surface area contributed by atoms with Crippen molar-refractivity contribution in [2.75, 3.05) is 30.4 Å². The fourth-order valence-corrected chi connectivity index (χ4v) is 4.67. The molecule has 9 heteroatoms. The molecule has 28 heavy (non-hydrogen) atoms. The lowest BCUT2D eigenvalue weighted by Crippen LogP contribution is -2.36. The molecular formula is C19H23N7O2. The van der Waals surface area contributed by atoms with Gasteiger partial charge in [-0.05, 0) is 37.7 Å². The number of likely N-dealkylation sites (tertiary alicyclic amines) is 1. The van der Waals surface area contributed by atoms with Gasteiger partial charge in [-0.25, -0.2) is 14.8 Å². The van der Waals surface area contributed by atoms with Crippen molar-refractivity contribution in [2.24, 2.45) is 11.8 Å². The monoisotopic (exact) mass is 381 g/mol. The largest absolute Gasteiger partial charge is 0.356 e. The molecule has 0 unspecified atom stereocenters. The number of nitrogens with zero attached hydrogens (tertiary/aromatic N) is 5. The number of fused-ring (bicyclic) bond motifs is 2. The minimum absolute atomic E-state index is 0.111.